The van der Waals surface area contributed by atoms with Crippen LogP contribution in [0.25, 0.3) is 0 Å². The molecule has 0 spiro atoms. The lowest BCUT2D eigenvalue weighted by atomic mass is 10.1. The van der Waals surface area contributed by atoms with Crippen molar-refractivity contribution in [3.8, 4) is 11.5 Å². The van der Waals surface area contributed by atoms with E-state index in [0.29, 0.717) is 22.9 Å². The molecule has 0 saturated carbocycles. The summed E-state index contributed by atoms with van der Waals surface area (Å²) in [6, 6.07) is 12.9. The second-order valence-electron chi connectivity index (χ2n) is 6.22. The Balaban J connectivity index is 1.70. The average Bonchev–Trinajstić information content (AvgIpc) is 2.62. The van der Waals surface area contributed by atoms with E-state index in [-0.39, 0.29) is 24.8 Å². The monoisotopic (exact) mass is 354 g/mol. The molecule has 0 saturated heterocycles. The Labute approximate surface area is 152 Å². The minimum Gasteiger partial charge on any atom is -0.495 e. The van der Waals surface area contributed by atoms with Gasteiger partial charge in [0.15, 0.2) is 6.10 Å². The number of aryl methyl sites for hydroxylation is 1. The Morgan fingerprint density at radius 2 is 2.04 bits per heavy atom. The molecule has 1 heterocycles. The van der Waals surface area contributed by atoms with E-state index >= 15 is 0 Å². The first-order valence-corrected chi connectivity index (χ1v) is 8.51. The molecule has 2 aromatic carbocycles. The number of benzene rings is 2. The van der Waals surface area contributed by atoms with Crippen molar-refractivity contribution in [1.29, 1.82) is 0 Å². The highest BCUT2D eigenvalue weighted by Crippen LogP contribution is 2.33. The van der Waals surface area contributed by atoms with Crippen molar-refractivity contribution in [3.05, 3.63) is 48.0 Å². The molecule has 1 aliphatic heterocycles. The molecule has 0 bridgehead atoms. The number of nitrogens with zero attached hydrogens (tertiary/aromatic N) is 1. The maximum absolute atomic E-state index is 12.5. The first-order valence-electron chi connectivity index (χ1n) is 8.51. The maximum Gasteiger partial charge on any atom is 0.267 e. The summed E-state index contributed by atoms with van der Waals surface area (Å²) >= 11 is 0. The molecule has 1 atom stereocenters. The summed E-state index contributed by atoms with van der Waals surface area (Å²) in [5.41, 5.74) is 2.34. The van der Waals surface area contributed by atoms with Crippen LogP contribution in [0.3, 0.4) is 0 Å². The van der Waals surface area contributed by atoms with E-state index in [9.17, 15) is 9.59 Å². The number of rotatable bonds is 5. The molecule has 1 aliphatic rings. The highest BCUT2D eigenvalue weighted by atomic mass is 16.5. The van der Waals surface area contributed by atoms with Crippen molar-refractivity contribution in [2.45, 2.75) is 26.4 Å². The fourth-order valence-corrected chi connectivity index (χ4v) is 2.94. The van der Waals surface area contributed by atoms with Crippen LogP contribution in [0.4, 0.5) is 11.4 Å². The zero-order valence-electron chi connectivity index (χ0n) is 15.1. The van der Waals surface area contributed by atoms with Gasteiger partial charge < -0.3 is 19.7 Å². The number of hydrogen-bond acceptors (Lipinski definition) is 4. The molecule has 2 aromatic rings. The van der Waals surface area contributed by atoms with Crippen LogP contribution in [0.1, 0.15) is 18.9 Å². The minimum absolute atomic E-state index is 0.148. The number of hydrogen-bond donors (Lipinski definition) is 1. The molecule has 0 aliphatic carbocycles. The van der Waals surface area contributed by atoms with Gasteiger partial charge in [-0.1, -0.05) is 18.2 Å². The number of nitrogens with one attached hydrogen (secondary N) is 1. The molecular formula is C20H22N2O4. The number of carbonyl (C=O) groups is 2. The summed E-state index contributed by atoms with van der Waals surface area (Å²) in [5.74, 6) is 0.925. The fourth-order valence-electron chi connectivity index (χ4n) is 2.94. The molecule has 1 unspecified atom stereocenters. The van der Waals surface area contributed by atoms with Gasteiger partial charge in [-0.05, 0) is 43.7 Å². The molecule has 1 N–H and O–H groups in total. The van der Waals surface area contributed by atoms with Crippen LogP contribution < -0.4 is 19.7 Å². The SMILES string of the molecule is COc1ccc(C)cc1NC(=O)CCN1C(=O)C(C)Oc2ccccc21. The summed E-state index contributed by atoms with van der Waals surface area (Å²) in [5, 5.41) is 2.86. The van der Waals surface area contributed by atoms with E-state index in [1.54, 1.807) is 18.9 Å². The summed E-state index contributed by atoms with van der Waals surface area (Å²) in [6.45, 7) is 3.94. The van der Waals surface area contributed by atoms with Crippen LogP contribution in [-0.4, -0.2) is 31.6 Å². The van der Waals surface area contributed by atoms with Crippen LogP contribution in [0.2, 0.25) is 0 Å². The third kappa shape index (κ3) is 3.64. The average molecular weight is 354 g/mol. The van der Waals surface area contributed by atoms with E-state index in [0.717, 1.165) is 5.56 Å². The largest absolute Gasteiger partial charge is 0.495 e. The van der Waals surface area contributed by atoms with Crippen molar-refractivity contribution < 1.29 is 19.1 Å². The Bertz CT molecular complexity index is 834. The molecule has 6 heteroatoms. The second-order valence-corrected chi connectivity index (χ2v) is 6.22. The van der Waals surface area contributed by atoms with Gasteiger partial charge in [-0.2, -0.15) is 0 Å². The van der Waals surface area contributed by atoms with Gasteiger partial charge in [0.1, 0.15) is 11.5 Å². The molecule has 3 rings (SSSR count). The summed E-state index contributed by atoms with van der Waals surface area (Å²) in [4.78, 5) is 26.5. The van der Waals surface area contributed by atoms with Gasteiger partial charge in [-0.3, -0.25) is 9.59 Å². The van der Waals surface area contributed by atoms with Gasteiger partial charge in [0.2, 0.25) is 5.91 Å². The van der Waals surface area contributed by atoms with E-state index < -0.39 is 6.10 Å². The molecule has 0 aromatic heterocycles. The number of fused-ring (bicyclic) bond motifs is 1. The van der Waals surface area contributed by atoms with Gasteiger partial charge in [0, 0.05) is 13.0 Å². The van der Waals surface area contributed by atoms with Crippen LogP contribution in [0.5, 0.6) is 11.5 Å². The third-order valence-corrected chi connectivity index (χ3v) is 4.27. The highest BCUT2D eigenvalue weighted by Gasteiger charge is 2.31. The van der Waals surface area contributed by atoms with Gasteiger partial charge in [-0.25, -0.2) is 0 Å². The van der Waals surface area contributed by atoms with Crippen LogP contribution in [-0.2, 0) is 9.59 Å². The number of anilines is 2. The Morgan fingerprint density at radius 3 is 2.81 bits per heavy atom. The first-order chi connectivity index (χ1) is 12.5. The fraction of sp³-hybridized carbons (Fsp3) is 0.300. The lowest BCUT2D eigenvalue weighted by Gasteiger charge is -2.32. The number of carbonyl (C=O) groups excluding carboxylic acids is 2. The van der Waals surface area contributed by atoms with Crippen LogP contribution in [0.15, 0.2) is 42.5 Å². The number of para-hydroxylation sites is 2. The quantitative estimate of drug-likeness (QED) is 0.896. The number of methoxy groups -OCH3 is 1. The van der Waals surface area contributed by atoms with Crippen molar-refractivity contribution in [3.63, 3.8) is 0 Å². The molecule has 2 amide bonds. The van der Waals surface area contributed by atoms with Crippen LogP contribution >= 0.6 is 0 Å². The zero-order chi connectivity index (χ0) is 18.7. The molecule has 136 valence electrons. The minimum atomic E-state index is -0.565. The lowest BCUT2D eigenvalue weighted by molar-refractivity contribution is -0.125. The van der Waals surface area contributed by atoms with E-state index in [4.69, 9.17) is 9.47 Å². The van der Waals surface area contributed by atoms with Crippen molar-refractivity contribution >= 4 is 23.2 Å². The Morgan fingerprint density at radius 1 is 1.27 bits per heavy atom. The molecule has 0 fully saturated rings. The van der Waals surface area contributed by atoms with E-state index in [2.05, 4.69) is 5.32 Å². The molecular weight excluding hydrogens is 332 g/mol. The number of amides is 2. The van der Waals surface area contributed by atoms with E-state index in [1.165, 1.54) is 0 Å². The first kappa shape index (κ1) is 17.8. The third-order valence-electron chi connectivity index (χ3n) is 4.27. The van der Waals surface area contributed by atoms with Crippen molar-refractivity contribution in [2.75, 3.05) is 23.9 Å². The number of ether oxygens (including phenoxy) is 2. The van der Waals surface area contributed by atoms with Crippen molar-refractivity contribution in [2.24, 2.45) is 0 Å². The summed E-state index contributed by atoms with van der Waals surface area (Å²) < 4.78 is 10.9. The Hall–Kier alpha value is -3.02. The van der Waals surface area contributed by atoms with Crippen LogP contribution in [0, 0.1) is 6.92 Å². The van der Waals surface area contributed by atoms with Gasteiger partial charge in [0.25, 0.3) is 5.91 Å². The van der Waals surface area contributed by atoms with Crippen molar-refractivity contribution in [1.82, 2.24) is 0 Å². The van der Waals surface area contributed by atoms with Gasteiger partial charge >= 0.3 is 0 Å². The lowest BCUT2D eigenvalue weighted by Crippen LogP contribution is -2.45. The Kier molecular flexibility index (Phi) is 5.11. The predicted octanol–water partition coefficient (Wildman–Crippen LogP) is 3.15. The van der Waals surface area contributed by atoms with E-state index in [1.807, 2.05) is 49.4 Å². The smallest absolute Gasteiger partial charge is 0.267 e. The maximum atomic E-state index is 12.5. The van der Waals surface area contributed by atoms with Gasteiger partial charge in [0.05, 0.1) is 18.5 Å². The molecule has 0 radical (unpaired) electrons. The predicted molar refractivity (Wildman–Crippen MR) is 99.9 cm³/mol. The molecule has 26 heavy (non-hydrogen) atoms. The highest BCUT2D eigenvalue weighted by molar-refractivity contribution is 6.01. The summed E-state index contributed by atoms with van der Waals surface area (Å²) in [6.07, 6.45) is -0.394. The van der Waals surface area contributed by atoms with Gasteiger partial charge in [-0.15, -0.1) is 0 Å². The topological polar surface area (TPSA) is 67.9 Å². The summed E-state index contributed by atoms with van der Waals surface area (Å²) in [7, 11) is 1.56. The normalized spacial score (nSPS) is 15.9. The second kappa shape index (κ2) is 7.47. The molecule has 6 nitrogen and oxygen atoms in total. The standard InChI is InChI=1S/C20H22N2O4/c1-13-8-9-17(25-3)15(12-13)21-19(23)10-11-22-16-6-4-5-7-18(16)26-14(2)20(22)24/h4-9,12,14H,10-11H2,1-3H3,(H,21,23). The zero-order valence-corrected chi connectivity index (χ0v) is 15.1.